The van der Waals surface area contributed by atoms with E-state index in [9.17, 15) is 29.6 Å². The van der Waals surface area contributed by atoms with E-state index in [1.165, 1.54) is 31.2 Å². The van der Waals surface area contributed by atoms with Crippen LogP contribution < -0.4 is 15.4 Å². The first-order valence-electron chi connectivity index (χ1n) is 11.5. The molecule has 1 unspecified atom stereocenters. The maximum atomic E-state index is 12.6. The average molecular weight is 478 g/mol. The molecule has 1 aromatic carbocycles. The predicted molar refractivity (Wildman–Crippen MR) is 120 cm³/mol. The summed E-state index contributed by atoms with van der Waals surface area (Å²) >= 11 is 0. The van der Waals surface area contributed by atoms with E-state index in [4.69, 9.17) is 9.47 Å². The van der Waals surface area contributed by atoms with Gasteiger partial charge in [-0.2, -0.15) is 0 Å². The Morgan fingerprint density at radius 1 is 1.18 bits per heavy atom. The number of nitrogens with one attached hydrogen (secondary N) is 2. The predicted octanol–water partition coefficient (Wildman–Crippen LogP) is 1.47. The van der Waals surface area contributed by atoms with E-state index in [-0.39, 0.29) is 42.6 Å². The lowest BCUT2D eigenvalue weighted by molar-refractivity contribution is -0.384. The van der Waals surface area contributed by atoms with Crippen LogP contribution in [0.25, 0.3) is 0 Å². The molecule has 0 bridgehead atoms. The van der Waals surface area contributed by atoms with E-state index in [1.54, 1.807) is 6.92 Å². The van der Waals surface area contributed by atoms with Crippen molar-refractivity contribution in [3.63, 3.8) is 0 Å². The van der Waals surface area contributed by atoms with E-state index in [0.29, 0.717) is 25.0 Å². The summed E-state index contributed by atoms with van der Waals surface area (Å²) < 4.78 is 10.8. The van der Waals surface area contributed by atoms with Crippen LogP contribution in [0.4, 0.5) is 5.69 Å². The van der Waals surface area contributed by atoms with Gasteiger partial charge in [-0.25, -0.2) is 4.79 Å². The van der Waals surface area contributed by atoms with Crippen molar-refractivity contribution in [2.45, 2.75) is 70.2 Å². The van der Waals surface area contributed by atoms with Crippen LogP contribution in [-0.4, -0.2) is 58.7 Å². The number of carbonyl (C=O) groups is 3. The van der Waals surface area contributed by atoms with Gasteiger partial charge in [0.1, 0.15) is 23.9 Å². The Hall–Kier alpha value is -3.21. The minimum atomic E-state index is -0.880. The molecule has 2 saturated carbocycles. The summed E-state index contributed by atoms with van der Waals surface area (Å²) in [6.45, 7) is 3.39. The summed E-state index contributed by atoms with van der Waals surface area (Å²) in [5.41, 5.74) is -0.0282. The summed E-state index contributed by atoms with van der Waals surface area (Å²) in [6, 6.07) is 4.00. The van der Waals surface area contributed by atoms with E-state index in [1.807, 2.05) is 0 Å². The van der Waals surface area contributed by atoms with Crippen molar-refractivity contribution in [1.29, 1.82) is 0 Å². The van der Waals surface area contributed by atoms with Crippen molar-refractivity contribution in [3.8, 4) is 5.75 Å². The smallest absolute Gasteiger partial charge is 0.328 e. The number of nitro groups is 1. The average Bonchev–Trinajstić information content (AvgIpc) is 2.77. The number of hydrogen-bond donors (Lipinski definition) is 3. The zero-order valence-corrected chi connectivity index (χ0v) is 19.3. The van der Waals surface area contributed by atoms with Gasteiger partial charge in [0.2, 0.25) is 11.8 Å². The topological polar surface area (TPSA) is 157 Å². The van der Waals surface area contributed by atoms with Crippen LogP contribution >= 0.6 is 0 Å². The minimum absolute atomic E-state index is 0.0282. The lowest BCUT2D eigenvalue weighted by Crippen LogP contribution is -2.54. The molecule has 2 amide bonds. The molecular weight excluding hydrogens is 446 g/mol. The number of ether oxygens (including phenoxy) is 2. The number of aliphatic hydroxyl groups is 1. The number of nitrogens with zero attached hydrogens (tertiary/aromatic N) is 1. The van der Waals surface area contributed by atoms with Crippen molar-refractivity contribution >= 4 is 23.5 Å². The second-order valence-electron chi connectivity index (χ2n) is 8.84. The summed E-state index contributed by atoms with van der Waals surface area (Å²) in [5, 5.41) is 25.8. The molecule has 1 aromatic rings. The maximum absolute atomic E-state index is 12.6. The number of carbonyl (C=O) groups excluding carboxylic acids is 3. The molecule has 4 atom stereocenters. The Bertz CT molecular complexity index is 900. The van der Waals surface area contributed by atoms with Crippen LogP contribution in [0.15, 0.2) is 24.3 Å². The molecular formula is C23H31N3O8. The van der Waals surface area contributed by atoms with Gasteiger partial charge < -0.3 is 25.2 Å². The fourth-order valence-electron chi connectivity index (χ4n) is 3.99. The highest BCUT2D eigenvalue weighted by Crippen LogP contribution is 2.33. The molecule has 0 spiro atoms. The first-order valence-corrected chi connectivity index (χ1v) is 11.5. The fourth-order valence-corrected chi connectivity index (χ4v) is 3.99. The zero-order valence-electron chi connectivity index (χ0n) is 19.3. The summed E-state index contributed by atoms with van der Waals surface area (Å²) in [7, 11) is 0. The van der Waals surface area contributed by atoms with Crippen LogP contribution in [0, 0.1) is 22.0 Å². The number of hydrogen-bond acceptors (Lipinski definition) is 8. The first kappa shape index (κ1) is 25.4. The number of amides is 2. The van der Waals surface area contributed by atoms with Gasteiger partial charge in [-0.1, -0.05) is 0 Å². The van der Waals surface area contributed by atoms with Gasteiger partial charge >= 0.3 is 5.97 Å². The third-order valence-corrected chi connectivity index (χ3v) is 6.37. The van der Waals surface area contributed by atoms with Crippen molar-refractivity contribution < 1.29 is 33.9 Å². The second-order valence-corrected chi connectivity index (χ2v) is 8.84. The zero-order chi connectivity index (χ0) is 24.8. The highest BCUT2D eigenvalue weighted by molar-refractivity contribution is 5.91. The molecule has 11 heteroatoms. The molecule has 34 heavy (non-hydrogen) atoms. The number of benzene rings is 1. The second kappa shape index (κ2) is 11.3. The standard InChI is InChI=1S/C23H31N3O8/c1-3-33-23(30)19(12-14-4-9-20(14)27)25-21(28)13(2)24-22(29)15-10-18(11-15)34-17-7-5-16(6-8-17)26(31)32/h5-8,13-15,18-20,27H,3-4,9-12H2,1-2H3,(H,24,29)(H,25,28)/t13-,14?,15?,18?,19+,20-/m1/s1. The van der Waals surface area contributed by atoms with Crippen LogP contribution in [-0.2, 0) is 19.1 Å². The SMILES string of the molecule is CCOC(=O)[C@H](CC1CC[C@H]1O)NC(=O)[C@@H](C)NC(=O)C1CC(Oc2ccc([N+](=O)[O-])cc2)C1. The number of rotatable bonds is 11. The Balaban J connectivity index is 1.43. The molecule has 3 N–H and O–H groups in total. The van der Waals surface area contributed by atoms with Crippen LogP contribution in [0.3, 0.4) is 0 Å². The summed E-state index contributed by atoms with van der Waals surface area (Å²) in [4.78, 5) is 47.6. The molecule has 3 rings (SSSR count). The van der Waals surface area contributed by atoms with Gasteiger partial charge in [0, 0.05) is 18.1 Å². The van der Waals surface area contributed by atoms with E-state index < -0.39 is 35.0 Å². The van der Waals surface area contributed by atoms with Crippen molar-refractivity contribution in [3.05, 3.63) is 34.4 Å². The molecule has 0 radical (unpaired) electrons. The molecule has 2 fully saturated rings. The monoisotopic (exact) mass is 477 g/mol. The van der Waals surface area contributed by atoms with E-state index >= 15 is 0 Å². The minimum Gasteiger partial charge on any atom is -0.490 e. The summed E-state index contributed by atoms with van der Waals surface area (Å²) in [6.07, 6.45) is 2.00. The molecule has 2 aliphatic carbocycles. The van der Waals surface area contributed by atoms with Crippen molar-refractivity contribution in [2.24, 2.45) is 11.8 Å². The van der Waals surface area contributed by atoms with Crippen LogP contribution in [0.1, 0.15) is 46.0 Å². The Morgan fingerprint density at radius 2 is 1.85 bits per heavy atom. The number of esters is 1. The van der Waals surface area contributed by atoms with Crippen LogP contribution in [0.5, 0.6) is 5.75 Å². The molecule has 11 nitrogen and oxygen atoms in total. The third kappa shape index (κ3) is 6.43. The quantitative estimate of drug-likeness (QED) is 0.246. The third-order valence-electron chi connectivity index (χ3n) is 6.37. The highest BCUT2D eigenvalue weighted by atomic mass is 16.6. The molecule has 0 heterocycles. The Labute approximate surface area is 197 Å². The molecule has 0 aromatic heterocycles. The number of aliphatic hydroxyl groups excluding tert-OH is 1. The number of nitro benzene ring substituents is 1. The lowest BCUT2D eigenvalue weighted by Gasteiger charge is -2.35. The van der Waals surface area contributed by atoms with Gasteiger partial charge in [0.05, 0.1) is 17.6 Å². The largest absolute Gasteiger partial charge is 0.490 e. The van der Waals surface area contributed by atoms with Crippen molar-refractivity contribution in [1.82, 2.24) is 10.6 Å². The Morgan fingerprint density at radius 3 is 2.38 bits per heavy atom. The van der Waals surface area contributed by atoms with E-state index in [0.717, 1.165) is 6.42 Å². The molecule has 186 valence electrons. The number of non-ortho nitro benzene ring substituents is 1. The van der Waals surface area contributed by atoms with Gasteiger partial charge in [0.25, 0.3) is 5.69 Å². The molecule has 0 aliphatic heterocycles. The maximum Gasteiger partial charge on any atom is 0.328 e. The fraction of sp³-hybridized carbons (Fsp3) is 0.609. The van der Waals surface area contributed by atoms with Gasteiger partial charge in [-0.15, -0.1) is 0 Å². The molecule has 0 saturated heterocycles. The van der Waals surface area contributed by atoms with Gasteiger partial charge in [-0.05, 0) is 64.0 Å². The van der Waals surface area contributed by atoms with Gasteiger partial charge in [0.15, 0.2) is 0 Å². The summed E-state index contributed by atoms with van der Waals surface area (Å²) in [5.74, 6) is -1.24. The Kier molecular flexibility index (Phi) is 8.43. The highest BCUT2D eigenvalue weighted by Gasteiger charge is 2.38. The lowest BCUT2D eigenvalue weighted by atomic mass is 9.78. The molecule has 2 aliphatic rings. The first-order chi connectivity index (χ1) is 16.2. The normalized spacial score (nSPS) is 25.0. The van der Waals surface area contributed by atoms with Gasteiger partial charge in [-0.3, -0.25) is 19.7 Å². The van der Waals surface area contributed by atoms with Crippen LogP contribution in [0.2, 0.25) is 0 Å². The van der Waals surface area contributed by atoms with Crippen molar-refractivity contribution in [2.75, 3.05) is 6.61 Å². The van der Waals surface area contributed by atoms with E-state index in [2.05, 4.69) is 10.6 Å².